The zero-order valence-electron chi connectivity index (χ0n) is 22.6. The first-order valence-electron chi connectivity index (χ1n) is 12.7. The maximum Gasteiger partial charge on any atom is 0.242 e. The predicted molar refractivity (Wildman–Crippen MR) is 152 cm³/mol. The minimum absolute atomic E-state index is 0.103. The molecule has 3 aromatic rings. The molecule has 0 spiro atoms. The molecule has 0 fully saturated rings. The fourth-order valence-electron chi connectivity index (χ4n) is 4.39. The number of aryl methyl sites for hydroxylation is 2. The van der Waals surface area contributed by atoms with E-state index < -0.39 is 16.1 Å². The van der Waals surface area contributed by atoms with Crippen LogP contribution in [0.2, 0.25) is 0 Å². The summed E-state index contributed by atoms with van der Waals surface area (Å²) in [5.41, 5.74) is 4.51. The minimum Gasteiger partial charge on any atom is -0.357 e. The number of amides is 2. The van der Waals surface area contributed by atoms with Crippen LogP contribution in [0.15, 0.2) is 78.9 Å². The van der Waals surface area contributed by atoms with Crippen LogP contribution < -0.4 is 9.62 Å². The van der Waals surface area contributed by atoms with E-state index in [9.17, 15) is 18.0 Å². The molecule has 2 amide bonds. The van der Waals surface area contributed by atoms with Crippen molar-refractivity contribution in [3.63, 3.8) is 0 Å². The van der Waals surface area contributed by atoms with Crippen LogP contribution in [0.3, 0.4) is 0 Å². The molecule has 0 bridgehead atoms. The van der Waals surface area contributed by atoms with Crippen molar-refractivity contribution < 1.29 is 18.0 Å². The zero-order chi connectivity index (χ0) is 27.7. The highest BCUT2D eigenvalue weighted by Gasteiger charge is 2.30. The van der Waals surface area contributed by atoms with Gasteiger partial charge in [0.25, 0.3) is 0 Å². The second-order valence-electron chi connectivity index (χ2n) is 9.53. The summed E-state index contributed by atoms with van der Waals surface area (Å²) < 4.78 is 26.5. The van der Waals surface area contributed by atoms with Crippen LogP contribution >= 0.6 is 0 Å². The number of rotatable bonds is 12. The van der Waals surface area contributed by atoms with Gasteiger partial charge in [0.1, 0.15) is 6.04 Å². The Morgan fingerprint density at radius 1 is 0.868 bits per heavy atom. The van der Waals surface area contributed by atoms with Crippen LogP contribution in [-0.4, -0.2) is 51.0 Å². The van der Waals surface area contributed by atoms with Gasteiger partial charge in [-0.2, -0.15) is 0 Å². The van der Waals surface area contributed by atoms with Crippen molar-refractivity contribution in [2.75, 3.05) is 24.2 Å². The van der Waals surface area contributed by atoms with Crippen molar-refractivity contribution in [1.29, 1.82) is 0 Å². The van der Waals surface area contributed by atoms with Gasteiger partial charge in [0.2, 0.25) is 21.8 Å². The van der Waals surface area contributed by atoms with Gasteiger partial charge in [-0.05, 0) is 54.7 Å². The number of benzene rings is 3. The van der Waals surface area contributed by atoms with Gasteiger partial charge in [-0.3, -0.25) is 13.9 Å². The molecule has 0 aliphatic carbocycles. The van der Waals surface area contributed by atoms with E-state index in [1.54, 1.807) is 18.0 Å². The molecule has 0 radical (unpaired) electrons. The normalized spacial score (nSPS) is 12.0. The first kappa shape index (κ1) is 28.9. The van der Waals surface area contributed by atoms with Gasteiger partial charge < -0.3 is 10.2 Å². The Balaban J connectivity index is 1.83. The molecule has 0 aliphatic rings. The Morgan fingerprint density at radius 3 is 2.03 bits per heavy atom. The summed E-state index contributed by atoms with van der Waals surface area (Å²) in [5.74, 6) is -0.446. The lowest BCUT2D eigenvalue weighted by Crippen LogP contribution is -2.49. The first-order valence-corrected chi connectivity index (χ1v) is 14.6. The molecule has 8 heteroatoms. The Bertz CT molecular complexity index is 1330. The largest absolute Gasteiger partial charge is 0.357 e. The van der Waals surface area contributed by atoms with Gasteiger partial charge in [-0.15, -0.1) is 0 Å². The van der Waals surface area contributed by atoms with Crippen LogP contribution in [0.1, 0.15) is 35.1 Å². The third-order valence-electron chi connectivity index (χ3n) is 6.64. The van der Waals surface area contributed by atoms with E-state index in [1.807, 2.05) is 86.6 Å². The molecule has 3 rings (SSSR count). The molecule has 1 unspecified atom stereocenters. The molecule has 38 heavy (non-hydrogen) atoms. The van der Waals surface area contributed by atoms with Crippen molar-refractivity contribution in [1.82, 2.24) is 10.2 Å². The van der Waals surface area contributed by atoms with Crippen LogP contribution in [0.5, 0.6) is 0 Å². The van der Waals surface area contributed by atoms with E-state index >= 15 is 0 Å². The van der Waals surface area contributed by atoms with E-state index in [4.69, 9.17) is 0 Å². The number of carbonyl (C=O) groups is 2. The molecule has 202 valence electrons. The molecule has 0 aliphatic heterocycles. The molecule has 0 saturated carbocycles. The van der Waals surface area contributed by atoms with Crippen molar-refractivity contribution in [2.24, 2.45) is 0 Å². The molecule has 0 saturated heterocycles. The van der Waals surface area contributed by atoms with E-state index in [0.29, 0.717) is 18.5 Å². The van der Waals surface area contributed by atoms with Gasteiger partial charge in [0, 0.05) is 33.0 Å². The quantitative estimate of drug-likeness (QED) is 0.376. The molecule has 0 heterocycles. The standard InChI is InChI=1S/C30H37N3O4S/c1-23-17-18-27(20-24(23)2)33(38(4,36)37)19-11-16-29(34)32(22-26-14-9-6-10-15-26)28(30(35)31-3)21-25-12-7-5-8-13-25/h5-10,12-15,17-18,20,28H,11,16,19,21-22H2,1-4H3,(H,31,35). The summed E-state index contributed by atoms with van der Waals surface area (Å²) in [5, 5.41) is 2.71. The van der Waals surface area contributed by atoms with Crippen LogP contribution in [-0.2, 0) is 32.6 Å². The van der Waals surface area contributed by atoms with E-state index in [-0.39, 0.29) is 31.3 Å². The van der Waals surface area contributed by atoms with Gasteiger partial charge in [-0.1, -0.05) is 66.7 Å². The Hall–Kier alpha value is -3.65. The molecule has 1 N–H and O–H groups in total. The lowest BCUT2D eigenvalue weighted by atomic mass is 10.0. The number of hydrogen-bond acceptors (Lipinski definition) is 4. The maximum absolute atomic E-state index is 13.6. The Labute approximate surface area is 226 Å². The van der Waals surface area contributed by atoms with Crippen molar-refractivity contribution in [2.45, 2.75) is 45.7 Å². The van der Waals surface area contributed by atoms with Gasteiger partial charge in [-0.25, -0.2) is 8.42 Å². The molecular weight excluding hydrogens is 498 g/mol. The highest BCUT2D eigenvalue weighted by molar-refractivity contribution is 7.92. The smallest absolute Gasteiger partial charge is 0.242 e. The summed E-state index contributed by atoms with van der Waals surface area (Å²) in [6, 6.07) is 24.0. The Kier molecular flexibility index (Phi) is 10.1. The lowest BCUT2D eigenvalue weighted by molar-refractivity contribution is -0.141. The average Bonchev–Trinajstić information content (AvgIpc) is 2.90. The van der Waals surface area contributed by atoms with Gasteiger partial charge in [0.15, 0.2) is 0 Å². The summed E-state index contributed by atoms with van der Waals surface area (Å²) in [7, 11) is -1.98. The molecular formula is C30H37N3O4S. The van der Waals surface area contributed by atoms with Crippen LogP contribution in [0.25, 0.3) is 0 Å². The number of carbonyl (C=O) groups excluding carboxylic acids is 2. The second kappa shape index (κ2) is 13.2. The summed E-state index contributed by atoms with van der Waals surface area (Å²) >= 11 is 0. The molecule has 3 aromatic carbocycles. The fraction of sp³-hybridized carbons (Fsp3) is 0.333. The fourth-order valence-corrected chi connectivity index (χ4v) is 5.34. The van der Waals surface area contributed by atoms with Gasteiger partial charge in [0.05, 0.1) is 11.9 Å². The number of nitrogens with one attached hydrogen (secondary N) is 1. The number of nitrogens with zero attached hydrogens (tertiary/aromatic N) is 2. The van der Waals surface area contributed by atoms with Gasteiger partial charge >= 0.3 is 0 Å². The SMILES string of the molecule is CNC(=O)C(Cc1ccccc1)N(Cc1ccccc1)C(=O)CCCN(c1ccc(C)c(C)c1)S(C)(=O)=O. The van der Waals surface area contributed by atoms with Crippen molar-refractivity contribution in [3.05, 3.63) is 101 Å². The number of anilines is 1. The van der Waals surface area contributed by atoms with E-state index in [1.165, 1.54) is 10.6 Å². The molecule has 1 atom stereocenters. The van der Waals surface area contributed by atoms with E-state index in [0.717, 1.165) is 22.3 Å². The predicted octanol–water partition coefficient (Wildman–Crippen LogP) is 4.24. The van der Waals surface area contributed by atoms with Crippen LogP contribution in [0.4, 0.5) is 5.69 Å². The molecule has 7 nitrogen and oxygen atoms in total. The summed E-state index contributed by atoms with van der Waals surface area (Å²) in [6.45, 7) is 4.35. The van der Waals surface area contributed by atoms with Crippen molar-refractivity contribution >= 4 is 27.5 Å². The topological polar surface area (TPSA) is 86.8 Å². The maximum atomic E-state index is 13.6. The first-order chi connectivity index (χ1) is 18.1. The lowest BCUT2D eigenvalue weighted by Gasteiger charge is -2.31. The Morgan fingerprint density at radius 2 is 1.47 bits per heavy atom. The van der Waals surface area contributed by atoms with E-state index in [2.05, 4.69) is 5.32 Å². The third kappa shape index (κ3) is 7.92. The van der Waals surface area contributed by atoms with Crippen LogP contribution in [0, 0.1) is 13.8 Å². The summed E-state index contributed by atoms with van der Waals surface area (Å²) in [6.07, 6.45) is 1.96. The third-order valence-corrected chi connectivity index (χ3v) is 7.84. The highest BCUT2D eigenvalue weighted by atomic mass is 32.2. The monoisotopic (exact) mass is 535 g/mol. The zero-order valence-corrected chi connectivity index (χ0v) is 23.4. The number of hydrogen-bond donors (Lipinski definition) is 1. The second-order valence-corrected chi connectivity index (χ2v) is 11.4. The highest BCUT2D eigenvalue weighted by Crippen LogP contribution is 2.22. The number of sulfonamides is 1. The minimum atomic E-state index is -3.54. The number of likely N-dealkylation sites (N-methyl/N-ethyl adjacent to an activating group) is 1. The summed E-state index contributed by atoms with van der Waals surface area (Å²) in [4.78, 5) is 28.3. The average molecular weight is 536 g/mol. The van der Waals surface area contributed by atoms with Crippen molar-refractivity contribution in [3.8, 4) is 0 Å². The molecule has 0 aromatic heterocycles.